The average Bonchev–Trinajstić information content (AvgIpc) is 1.69. The van der Waals surface area contributed by atoms with Gasteiger partial charge in [-0.1, -0.05) is 0 Å². The van der Waals surface area contributed by atoms with Gasteiger partial charge in [-0.15, -0.1) is 0 Å². The molecule has 1 fully saturated rings. The van der Waals surface area contributed by atoms with Crippen LogP contribution in [0.2, 0.25) is 0 Å². The number of halogens is 1. The third kappa shape index (κ3) is 1.66. The lowest BCUT2D eigenvalue weighted by atomic mass is 10.2. The molecule has 0 amide bonds. The molecule has 0 atom stereocenters. The Balaban J connectivity index is 2.12. The van der Waals surface area contributed by atoms with Crippen LogP contribution in [0, 0.1) is 6.42 Å². The first-order valence-corrected chi connectivity index (χ1v) is 2.96. The van der Waals surface area contributed by atoms with Crippen LogP contribution in [0.25, 0.3) is 0 Å². The van der Waals surface area contributed by atoms with E-state index in [9.17, 15) is 0 Å². The van der Waals surface area contributed by atoms with Crippen molar-refractivity contribution in [2.24, 2.45) is 0 Å². The maximum absolute atomic E-state index is 5.63. The molecular weight excluding hydrogens is 110 g/mol. The molecule has 0 spiro atoms. The number of hydrogen-bond acceptors (Lipinski definition) is 1. The van der Waals surface area contributed by atoms with E-state index < -0.39 is 0 Å². The zero-order chi connectivity index (χ0) is 5.11. The Morgan fingerprint density at radius 2 is 1.86 bits per heavy atom. The first kappa shape index (κ1) is 5.39. The molecule has 0 saturated carbocycles. The molecule has 0 N–H and O–H groups in total. The van der Waals surface area contributed by atoms with E-state index in [1.807, 2.05) is 4.42 Å². The van der Waals surface area contributed by atoms with Crippen LogP contribution in [0.15, 0.2) is 0 Å². The minimum absolute atomic E-state index is 1.03. The molecule has 0 aromatic heterocycles. The van der Waals surface area contributed by atoms with E-state index >= 15 is 0 Å². The summed E-state index contributed by atoms with van der Waals surface area (Å²) < 4.78 is 1.83. The highest BCUT2D eigenvalue weighted by atomic mass is 35.5. The maximum atomic E-state index is 5.63. The van der Waals surface area contributed by atoms with Gasteiger partial charge in [-0.25, -0.2) is 4.42 Å². The van der Waals surface area contributed by atoms with Gasteiger partial charge in [0.25, 0.3) is 0 Å². The molecule has 0 aliphatic carbocycles. The van der Waals surface area contributed by atoms with Crippen molar-refractivity contribution in [3.8, 4) is 0 Å². The fourth-order valence-electron chi connectivity index (χ4n) is 0.719. The largest absolute Gasteiger partial charge is 0.220 e. The van der Waals surface area contributed by atoms with Crippen LogP contribution in [0.4, 0.5) is 0 Å². The molecule has 0 aromatic rings. The van der Waals surface area contributed by atoms with Crippen LogP contribution in [0.3, 0.4) is 0 Å². The van der Waals surface area contributed by atoms with Gasteiger partial charge in [-0.2, -0.15) is 0 Å². The van der Waals surface area contributed by atoms with Gasteiger partial charge < -0.3 is 0 Å². The summed E-state index contributed by atoms with van der Waals surface area (Å²) in [6.45, 7) is 2.06. The van der Waals surface area contributed by atoms with Crippen LogP contribution in [0.5, 0.6) is 0 Å². The summed E-state index contributed by atoms with van der Waals surface area (Å²) in [4.78, 5) is 0. The second-order valence-electron chi connectivity index (χ2n) is 1.78. The molecule has 1 aliphatic rings. The third-order valence-electron chi connectivity index (χ3n) is 1.15. The average molecular weight is 119 g/mol. The van der Waals surface area contributed by atoms with Gasteiger partial charge in [0.2, 0.25) is 0 Å². The van der Waals surface area contributed by atoms with E-state index in [0.29, 0.717) is 0 Å². The Morgan fingerprint density at radius 1 is 1.29 bits per heavy atom. The number of hydrogen-bond donors (Lipinski definition) is 0. The monoisotopic (exact) mass is 118 g/mol. The standard InChI is InChI=1S/C5H9ClN/c6-7-4-2-1-3-5-7/h1H,2-5H2. The first-order chi connectivity index (χ1) is 3.39. The second-order valence-corrected chi connectivity index (χ2v) is 2.25. The molecule has 1 nitrogen and oxygen atoms in total. The molecule has 2 heteroatoms. The van der Waals surface area contributed by atoms with Crippen molar-refractivity contribution in [2.45, 2.75) is 12.8 Å². The molecule has 7 heavy (non-hydrogen) atoms. The summed E-state index contributed by atoms with van der Waals surface area (Å²) in [7, 11) is 0. The summed E-state index contributed by atoms with van der Waals surface area (Å²) in [5.74, 6) is 0. The van der Waals surface area contributed by atoms with Crippen molar-refractivity contribution in [3.63, 3.8) is 0 Å². The fraction of sp³-hybridized carbons (Fsp3) is 0.800. The van der Waals surface area contributed by atoms with Crippen molar-refractivity contribution < 1.29 is 0 Å². The maximum Gasteiger partial charge on any atom is 0.0141 e. The quantitative estimate of drug-likeness (QED) is 0.435. The van der Waals surface area contributed by atoms with Gasteiger partial charge in [0, 0.05) is 13.1 Å². The van der Waals surface area contributed by atoms with E-state index in [-0.39, 0.29) is 0 Å². The Labute approximate surface area is 49.4 Å². The van der Waals surface area contributed by atoms with E-state index in [1.54, 1.807) is 0 Å². The molecule has 0 aromatic carbocycles. The lowest BCUT2D eigenvalue weighted by Gasteiger charge is -2.17. The van der Waals surface area contributed by atoms with Crippen molar-refractivity contribution in [3.05, 3.63) is 6.42 Å². The van der Waals surface area contributed by atoms with Gasteiger partial charge >= 0.3 is 0 Å². The van der Waals surface area contributed by atoms with Crippen molar-refractivity contribution in [1.29, 1.82) is 0 Å². The molecule has 1 heterocycles. The normalized spacial score (nSPS) is 25.3. The van der Waals surface area contributed by atoms with E-state index in [0.717, 1.165) is 25.9 Å². The van der Waals surface area contributed by atoms with Crippen LogP contribution in [0.1, 0.15) is 12.8 Å². The van der Waals surface area contributed by atoms with Gasteiger partial charge in [0.1, 0.15) is 0 Å². The van der Waals surface area contributed by atoms with Gasteiger partial charge in [-0.3, -0.25) is 0 Å². The number of piperidine rings is 1. The molecule has 0 bridgehead atoms. The van der Waals surface area contributed by atoms with Crippen molar-refractivity contribution >= 4 is 11.8 Å². The molecule has 0 unspecified atom stereocenters. The molecule has 41 valence electrons. The predicted octanol–water partition coefficient (Wildman–Crippen LogP) is 1.44. The minimum Gasteiger partial charge on any atom is -0.220 e. The van der Waals surface area contributed by atoms with Gasteiger partial charge in [0.15, 0.2) is 0 Å². The predicted molar refractivity (Wildman–Crippen MR) is 31.0 cm³/mol. The molecular formula is C5H9ClN. The van der Waals surface area contributed by atoms with E-state index in [1.165, 1.54) is 0 Å². The van der Waals surface area contributed by atoms with Crippen molar-refractivity contribution in [1.82, 2.24) is 4.42 Å². The first-order valence-electron chi connectivity index (χ1n) is 2.62. The second kappa shape index (κ2) is 2.53. The van der Waals surface area contributed by atoms with Crippen LogP contribution >= 0.6 is 11.8 Å². The van der Waals surface area contributed by atoms with E-state index in [4.69, 9.17) is 11.8 Å². The summed E-state index contributed by atoms with van der Waals surface area (Å²) in [6, 6.07) is 0. The molecule has 1 rings (SSSR count). The molecule has 1 saturated heterocycles. The number of nitrogens with zero attached hydrogens (tertiary/aromatic N) is 1. The van der Waals surface area contributed by atoms with Crippen LogP contribution < -0.4 is 0 Å². The summed E-state index contributed by atoms with van der Waals surface area (Å²) in [6.07, 6.45) is 4.59. The zero-order valence-electron chi connectivity index (χ0n) is 4.23. The number of rotatable bonds is 0. The Morgan fingerprint density at radius 3 is 2.14 bits per heavy atom. The minimum atomic E-state index is 1.03. The van der Waals surface area contributed by atoms with Crippen molar-refractivity contribution in [2.75, 3.05) is 13.1 Å². The third-order valence-corrected chi connectivity index (χ3v) is 1.49. The van der Waals surface area contributed by atoms with Gasteiger partial charge in [0.05, 0.1) is 0 Å². The van der Waals surface area contributed by atoms with Crippen LogP contribution in [-0.4, -0.2) is 17.5 Å². The highest BCUT2D eigenvalue weighted by Crippen LogP contribution is 2.08. The van der Waals surface area contributed by atoms with Gasteiger partial charge in [-0.05, 0) is 31.0 Å². The molecule has 1 radical (unpaired) electrons. The summed E-state index contributed by atoms with van der Waals surface area (Å²) >= 11 is 5.63. The Bertz CT molecular complexity index is 50.0. The SMILES string of the molecule is ClN1CC[CH]CC1. The summed E-state index contributed by atoms with van der Waals surface area (Å²) in [5.41, 5.74) is 0. The fourth-order valence-corrected chi connectivity index (χ4v) is 0.914. The lowest BCUT2D eigenvalue weighted by Crippen LogP contribution is -2.19. The van der Waals surface area contributed by atoms with E-state index in [2.05, 4.69) is 6.42 Å². The smallest absolute Gasteiger partial charge is 0.0141 e. The highest BCUT2D eigenvalue weighted by molar-refractivity contribution is 6.13. The lowest BCUT2D eigenvalue weighted by molar-refractivity contribution is 0.416. The topological polar surface area (TPSA) is 3.24 Å². The van der Waals surface area contributed by atoms with Crippen LogP contribution in [-0.2, 0) is 0 Å². The Kier molecular flexibility index (Phi) is 1.95. The summed E-state index contributed by atoms with van der Waals surface area (Å²) in [5, 5.41) is 0. The zero-order valence-corrected chi connectivity index (χ0v) is 4.99. The highest BCUT2D eigenvalue weighted by Gasteiger charge is 2.04. The Hall–Kier alpha value is 0.250. The molecule has 1 aliphatic heterocycles.